The Bertz CT molecular complexity index is 258. The van der Waals surface area contributed by atoms with Crippen LogP contribution in [0.2, 0.25) is 0 Å². The Morgan fingerprint density at radius 3 is 2.47 bits per heavy atom. The summed E-state index contributed by atoms with van der Waals surface area (Å²) in [6.45, 7) is 5.41. The second-order valence-electron chi connectivity index (χ2n) is 3.70. The summed E-state index contributed by atoms with van der Waals surface area (Å²) in [6.07, 6.45) is 6.66. The lowest BCUT2D eigenvalue weighted by Crippen LogP contribution is -2.27. The van der Waals surface area contributed by atoms with E-state index in [2.05, 4.69) is 6.92 Å². The zero-order valence-electron chi connectivity index (χ0n) is 10.9. The molecule has 0 aromatic heterocycles. The predicted molar refractivity (Wildman–Crippen MR) is 65.5 cm³/mol. The van der Waals surface area contributed by atoms with Gasteiger partial charge in [-0.05, 0) is 13.3 Å². The van der Waals surface area contributed by atoms with Gasteiger partial charge in [-0.2, -0.15) is 0 Å². The van der Waals surface area contributed by atoms with Crippen LogP contribution in [0.5, 0.6) is 0 Å². The van der Waals surface area contributed by atoms with Gasteiger partial charge in [-0.3, -0.25) is 4.79 Å². The number of carbonyl (C=O) groups excluding carboxylic acids is 2. The Morgan fingerprint density at radius 2 is 1.94 bits per heavy atom. The molecule has 17 heavy (non-hydrogen) atoms. The number of ether oxygens (including phenoxy) is 2. The summed E-state index contributed by atoms with van der Waals surface area (Å²) in [6, 6.07) is 0. The van der Waals surface area contributed by atoms with Crippen LogP contribution in [0.4, 0.5) is 0 Å². The van der Waals surface area contributed by atoms with Gasteiger partial charge < -0.3 is 9.47 Å². The normalized spacial score (nSPS) is 12.4. The lowest BCUT2D eigenvalue weighted by molar-refractivity contribution is -0.166. The molecule has 0 aromatic carbocycles. The first-order chi connectivity index (χ1) is 8.11. The summed E-state index contributed by atoms with van der Waals surface area (Å²) in [5.74, 6) is -0.951. The van der Waals surface area contributed by atoms with Crippen LogP contribution in [0.1, 0.15) is 46.5 Å². The molecule has 0 amide bonds. The van der Waals surface area contributed by atoms with Crippen molar-refractivity contribution in [2.75, 3.05) is 6.61 Å². The van der Waals surface area contributed by atoms with Crippen LogP contribution < -0.4 is 0 Å². The third-order valence-corrected chi connectivity index (χ3v) is 2.10. The van der Waals surface area contributed by atoms with Crippen LogP contribution in [-0.4, -0.2) is 24.6 Å². The Labute approximate surface area is 103 Å². The largest absolute Gasteiger partial charge is 0.463 e. The van der Waals surface area contributed by atoms with Gasteiger partial charge >= 0.3 is 11.9 Å². The summed E-state index contributed by atoms with van der Waals surface area (Å²) in [5.41, 5.74) is 0. The molecule has 0 saturated carbocycles. The summed E-state index contributed by atoms with van der Waals surface area (Å²) in [7, 11) is 0. The number of rotatable bonds is 8. The maximum Gasteiger partial charge on any atom is 0.347 e. The molecule has 0 radical (unpaired) electrons. The zero-order chi connectivity index (χ0) is 13.1. The molecular weight excluding hydrogens is 220 g/mol. The van der Waals surface area contributed by atoms with Gasteiger partial charge in [0.2, 0.25) is 6.10 Å². The molecule has 0 aromatic rings. The molecule has 0 aliphatic carbocycles. The van der Waals surface area contributed by atoms with Gasteiger partial charge in [-0.25, -0.2) is 4.79 Å². The highest BCUT2D eigenvalue weighted by molar-refractivity contribution is 5.78. The maximum absolute atomic E-state index is 11.5. The second kappa shape index (κ2) is 9.87. The van der Waals surface area contributed by atoms with E-state index in [4.69, 9.17) is 9.47 Å². The third kappa shape index (κ3) is 8.48. The van der Waals surface area contributed by atoms with E-state index >= 15 is 0 Å². The van der Waals surface area contributed by atoms with E-state index in [1.807, 2.05) is 12.2 Å². The van der Waals surface area contributed by atoms with Crippen molar-refractivity contribution in [3.8, 4) is 0 Å². The second-order valence-corrected chi connectivity index (χ2v) is 3.70. The topological polar surface area (TPSA) is 52.6 Å². The number of esters is 2. The molecule has 4 nitrogen and oxygen atoms in total. The lowest BCUT2D eigenvalue weighted by Gasteiger charge is -2.13. The van der Waals surface area contributed by atoms with E-state index in [0.29, 0.717) is 6.42 Å². The third-order valence-electron chi connectivity index (χ3n) is 2.10. The van der Waals surface area contributed by atoms with Gasteiger partial charge in [-0.15, -0.1) is 0 Å². The molecule has 0 N–H and O–H groups in total. The van der Waals surface area contributed by atoms with Crippen molar-refractivity contribution < 1.29 is 19.1 Å². The smallest absolute Gasteiger partial charge is 0.347 e. The maximum atomic E-state index is 11.5. The van der Waals surface area contributed by atoms with Crippen molar-refractivity contribution >= 4 is 11.9 Å². The molecule has 0 heterocycles. The molecule has 0 saturated heterocycles. The predicted octanol–water partition coefficient (Wildman–Crippen LogP) is 2.62. The van der Waals surface area contributed by atoms with Gasteiger partial charge in [0.1, 0.15) is 0 Å². The highest BCUT2D eigenvalue weighted by Crippen LogP contribution is 2.05. The molecule has 98 valence electrons. The van der Waals surface area contributed by atoms with Crippen LogP contribution in [-0.2, 0) is 19.1 Å². The van der Waals surface area contributed by atoms with E-state index in [1.165, 1.54) is 6.92 Å². The molecule has 0 aliphatic heterocycles. The van der Waals surface area contributed by atoms with Crippen LogP contribution >= 0.6 is 0 Å². The Balaban J connectivity index is 4.14. The molecule has 0 rings (SSSR count). The van der Waals surface area contributed by atoms with Crippen LogP contribution in [0.15, 0.2) is 12.2 Å². The van der Waals surface area contributed by atoms with Crippen LogP contribution in [0.3, 0.4) is 0 Å². The minimum Gasteiger partial charge on any atom is -0.463 e. The van der Waals surface area contributed by atoms with Crippen molar-refractivity contribution in [2.45, 2.75) is 52.6 Å². The Morgan fingerprint density at radius 1 is 1.24 bits per heavy atom. The molecule has 0 fully saturated rings. The van der Waals surface area contributed by atoms with Crippen LogP contribution in [0.25, 0.3) is 0 Å². The monoisotopic (exact) mass is 242 g/mol. The van der Waals surface area contributed by atoms with Crippen molar-refractivity contribution in [1.29, 1.82) is 0 Å². The standard InChI is InChI=1S/C13H22O4/c1-4-6-7-8-9-10-12(17-11(3)14)13(15)16-5-2/h8-9,12H,4-7,10H2,1-3H3/b9-8+. The fourth-order valence-corrected chi connectivity index (χ4v) is 1.29. The average molecular weight is 242 g/mol. The molecule has 1 unspecified atom stereocenters. The van der Waals surface area contributed by atoms with E-state index in [9.17, 15) is 9.59 Å². The van der Waals surface area contributed by atoms with Gasteiger partial charge in [0, 0.05) is 13.3 Å². The molecule has 4 heteroatoms. The van der Waals surface area contributed by atoms with Crippen molar-refractivity contribution in [3.05, 3.63) is 12.2 Å². The Hall–Kier alpha value is -1.32. The van der Waals surface area contributed by atoms with Crippen molar-refractivity contribution in [3.63, 3.8) is 0 Å². The molecule has 0 spiro atoms. The van der Waals surface area contributed by atoms with Gasteiger partial charge in [-0.1, -0.05) is 31.9 Å². The number of unbranched alkanes of at least 4 members (excludes halogenated alkanes) is 2. The first kappa shape index (κ1) is 15.7. The van der Waals surface area contributed by atoms with Crippen molar-refractivity contribution in [2.24, 2.45) is 0 Å². The van der Waals surface area contributed by atoms with E-state index in [-0.39, 0.29) is 6.61 Å². The van der Waals surface area contributed by atoms with E-state index < -0.39 is 18.0 Å². The van der Waals surface area contributed by atoms with Gasteiger partial charge in [0.05, 0.1) is 6.61 Å². The molecular formula is C13H22O4. The Kier molecular flexibility index (Phi) is 9.11. The fourth-order valence-electron chi connectivity index (χ4n) is 1.29. The minimum absolute atomic E-state index is 0.288. The lowest BCUT2D eigenvalue weighted by atomic mass is 10.2. The minimum atomic E-state index is -0.815. The average Bonchev–Trinajstić information content (AvgIpc) is 2.27. The SMILES string of the molecule is CCCC/C=C/CC(OC(C)=O)C(=O)OCC. The highest BCUT2D eigenvalue weighted by Gasteiger charge is 2.21. The summed E-state index contributed by atoms with van der Waals surface area (Å²) >= 11 is 0. The van der Waals surface area contributed by atoms with Gasteiger partial charge in [0.15, 0.2) is 0 Å². The number of allylic oxidation sites excluding steroid dienone is 1. The molecule has 0 bridgehead atoms. The summed E-state index contributed by atoms with van der Waals surface area (Å²) in [5, 5.41) is 0. The van der Waals surface area contributed by atoms with Crippen molar-refractivity contribution in [1.82, 2.24) is 0 Å². The summed E-state index contributed by atoms with van der Waals surface area (Å²) < 4.78 is 9.74. The summed E-state index contributed by atoms with van der Waals surface area (Å²) in [4.78, 5) is 22.3. The molecule has 0 aliphatic rings. The first-order valence-electron chi connectivity index (χ1n) is 6.10. The quantitative estimate of drug-likeness (QED) is 0.373. The zero-order valence-corrected chi connectivity index (χ0v) is 10.9. The number of hydrogen-bond donors (Lipinski definition) is 0. The fraction of sp³-hybridized carbons (Fsp3) is 0.692. The van der Waals surface area contributed by atoms with E-state index in [0.717, 1.165) is 19.3 Å². The van der Waals surface area contributed by atoms with Gasteiger partial charge in [0.25, 0.3) is 0 Å². The van der Waals surface area contributed by atoms with E-state index in [1.54, 1.807) is 6.92 Å². The highest BCUT2D eigenvalue weighted by atomic mass is 16.6. The molecule has 1 atom stereocenters. The first-order valence-corrected chi connectivity index (χ1v) is 6.10. The van der Waals surface area contributed by atoms with Crippen LogP contribution in [0, 0.1) is 0 Å². The number of hydrogen-bond acceptors (Lipinski definition) is 4. The number of carbonyl (C=O) groups is 2.